The van der Waals surface area contributed by atoms with Crippen molar-refractivity contribution in [2.75, 3.05) is 11.9 Å². The molecule has 1 saturated heterocycles. The highest BCUT2D eigenvalue weighted by Crippen LogP contribution is 2.32. The second-order valence-corrected chi connectivity index (χ2v) is 7.01. The maximum Gasteiger partial charge on any atom is 0.325 e. The van der Waals surface area contributed by atoms with Crippen molar-refractivity contribution < 1.29 is 18.8 Å². The second-order valence-electron chi connectivity index (χ2n) is 7.01. The van der Waals surface area contributed by atoms with Gasteiger partial charge in [-0.05, 0) is 38.1 Å². The van der Waals surface area contributed by atoms with Crippen LogP contribution in [0.15, 0.2) is 59.0 Å². The molecule has 0 aliphatic carbocycles. The fraction of sp³-hybridized carbons (Fsp3) is 0.190. The number of carbonyl (C=O) groups excluding carboxylic acids is 3. The summed E-state index contributed by atoms with van der Waals surface area (Å²) in [5.41, 5.74) is 0.924. The van der Waals surface area contributed by atoms with Crippen LogP contribution in [0.5, 0.6) is 0 Å². The average molecular weight is 377 g/mol. The third-order valence-electron chi connectivity index (χ3n) is 4.83. The SMILES string of the molecule is Cc1ccc(NC(=O)CN2C(=O)NC(C)(c3cc4ccccc4o3)C2=O)cc1. The van der Waals surface area contributed by atoms with Gasteiger partial charge in [0.2, 0.25) is 5.91 Å². The Balaban J connectivity index is 1.53. The largest absolute Gasteiger partial charge is 0.458 e. The molecule has 4 rings (SSSR count). The number of benzene rings is 2. The lowest BCUT2D eigenvalue weighted by atomic mass is 9.99. The van der Waals surface area contributed by atoms with Gasteiger partial charge in [0.1, 0.15) is 17.9 Å². The maximum absolute atomic E-state index is 13.0. The molecule has 7 nitrogen and oxygen atoms in total. The van der Waals surface area contributed by atoms with Crippen LogP contribution >= 0.6 is 0 Å². The van der Waals surface area contributed by atoms with E-state index in [1.54, 1.807) is 31.2 Å². The van der Waals surface area contributed by atoms with Gasteiger partial charge in [-0.25, -0.2) is 4.79 Å². The summed E-state index contributed by atoms with van der Waals surface area (Å²) < 4.78 is 5.77. The van der Waals surface area contributed by atoms with E-state index in [2.05, 4.69) is 10.6 Å². The van der Waals surface area contributed by atoms with E-state index in [-0.39, 0.29) is 6.54 Å². The quantitative estimate of drug-likeness (QED) is 0.683. The van der Waals surface area contributed by atoms with Crippen LogP contribution in [0.4, 0.5) is 10.5 Å². The fourth-order valence-corrected chi connectivity index (χ4v) is 3.22. The molecule has 1 aromatic heterocycles. The molecule has 4 amide bonds. The summed E-state index contributed by atoms with van der Waals surface area (Å²) in [6.07, 6.45) is 0. The molecule has 0 spiro atoms. The van der Waals surface area contributed by atoms with Crippen LogP contribution in [0.25, 0.3) is 11.0 Å². The lowest BCUT2D eigenvalue weighted by molar-refractivity contribution is -0.134. The van der Waals surface area contributed by atoms with Gasteiger partial charge >= 0.3 is 6.03 Å². The van der Waals surface area contributed by atoms with Crippen LogP contribution in [0, 0.1) is 6.92 Å². The minimum atomic E-state index is -1.36. The Morgan fingerprint density at radius 1 is 1.14 bits per heavy atom. The molecule has 1 atom stereocenters. The molecule has 142 valence electrons. The lowest BCUT2D eigenvalue weighted by Crippen LogP contribution is -2.41. The number of aryl methyl sites for hydroxylation is 1. The van der Waals surface area contributed by atoms with E-state index in [9.17, 15) is 14.4 Å². The Morgan fingerprint density at radius 2 is 1.86 bits per heavy atom. The maximum atomic E-state index is 13.0. The number of hydrogen-bond donors (Lipinski definition) is 2. The van der Waals surface area contributed by atoms with Crippen molar-refractivity contribution in [2.24, 2.45) is 0 Å². The van der Waals surface area contributed by atoms with Crippen molar-refractivity contribution in [3.63, 3.8) is 0 Å². The van der Waals surface area contributed by atoms with E-state index < -0.39 is 23.4 Å². The molecule has 1 fully saturated rings. The zero-order valence-corrected chi connectivity index (χ0v) is 15.5. The highest BCUT2D eigenvalue weighted by atomic mass is 16.3. The second kappa shape index (κ2) is 6.53. The van der Waals surface area contributed by atoms with Crippen LogP contribution < -0.4 is 10.6 Å². The summed E-state index contributed by atoms with van der Waals surface area (Å²) in [7, 11) is 0. The van der Waals surface area contributed by atoms with Crippen molar-refractivity contribution in [2.45, 2.75) is 19.4 Å². The molecule has 1 unspecified atom stereocenters. The first-order chi connectivity index (χ1) is 13.4. The highest BCUT2D eigenvalue weighted by Gasteiger charge is 2.51. The van der Waals surface area contributed by atoms with Gasteiger partial charge in [0.15, 0.2) is 5.54 Å². The van der Waals surface area contributed by atoms with Crippen molar-refractivity contribution in [3.05, 3.63) is 65.9 Å². The number of urea groups is 1. The molecule has 2 heterocycles. The number of anilines is 1. The Hall–Kier alpha value is -3.61. The predicted molar refractivity (Wildman–Crippen MR) is 104 cm³/mol. The molecule has 1 aliphatic rings. The van der Waals surface area contributed by atoms with Gasteiger partial charge in [0, 0.05) is 11.1 Å². The molecule has 0 saturated carbocycles. The fourth-order valence-electron chi connectivity index (χ4n) is 3.22. The van der Waals surface area contributed by atoms with Crippen LogP contribution in [0.2, 0.25) is 0 Å². The summed E-state index contributed by atoms with van der Waals surface area (Å²) in [6, 6.07) is 15.7. The standard InChI is InChI=1S/C21H19N3O4/c1-13-7-9-15(10-8-13)22-18(25)12-24-19(26)21(2,23-20(24)27)17-11-14-5-3-4-6-16(14)28-17/h3-11H,12H2,1-2H3,(H,22,25)(H,23,27). The summed E-state index contributed by atoms with van der Waals surface area (Å²) >= 11 is 0. The number of furan rings is 1. The highest BCUT2D eigenvalue weighted by molar-refractivity contribution is 6.10. The number of rotatable bonds is 4. The van der Waals surface area contributed by atoms with Crippen LogP contribution in [-0.2, 0) is 15.1 Å². The van der Waals surface area contributed by atoms with E-state index in [4.69, 9.17) is 4.42 Å². The molecular formula is C21H19N3O4. The Labute approximate surface area is 161 Å². The number of fused-ring (bicyclic) bond motifs is 1. The zero-order valence-electron chi connectivity index (χ0n) is 15.5. The number of amides is 4. The lowest BCUT2D eigenvalue weighted by Gasteiger charge is -2.18. The van der Waals surface area contributed by atoms with Crippen LogP contribution in [0.3, 0.4) is 0 Å². The minimum absolute atomic E-state index is 0.327. The first-order valence-electron chi connectivity index (χ1n) is 8.86. The number of nitrogens with one attached hydrogen (secondary N) is 2. The molecule has 1 aliphatic heterocycles. The molecule has 2 aromatic carbocycles. The van der Waals surface area contributed by atoms with Crippen molar-refractivity contribution in [1.29, 1.82) is 0 Å². The topological polar surface area (TPSA) is 91.7 Å². The summed E-state index contributed by atoms with van der Waals surface area (Å²) in [4.78, 5) is 38.6. The molecule has 0 radical (unpaired) electrons. The van der Waals surface area contributed by atoms with Gasteiger partial charge in [-0.2, -0.15) is 0 Å². The van der Waals surface area contributed by atoms with Crippen LogP contribution in [-0.4, -0.2) is 29.3 Å². The Morgan fingerprint density at radius 3 is 2.57 bits per heavy atom. The van der Waals surface area contributed by atoms with E-state index in [1.807, 2.05) is 37.3 Å². The smallest absolute Gasteiger partial charge is 0.325 e. The van der Waals surface area contributed by atoms with E-state index in [0.29, 0.717) is 17.0 Å². The van der Waals surface area contributed by atoms with Gasteiger partial charge in [-0.3, -0.25) is 14.5 Å². The van der Waals surface area contributed by atoms with Crippen molar-refractivity contribution in [3.8, 4) is 0 Å². The first-order valence-corrected chi connectivity index (χ1v) is 8.86. The van der Waals surface area contributed by atoms with Crippen molar-refractivity contribution in [1.82, 2.24) is 10.2 Å². The average Bonchev–Trinajstić information content (AvgIpc) is 3.20. The molecule has 2 N–H and O–H groups in total. The number of carbonyl (C=O) groups is 3. The molecular weight excluding hydrogens is 358 g/mol. The van der Waals surface area contributed by atoms with Gasteiger partial charge in [-0.15, -0.1) is 0 Å². The number of para-hydroxylation sites is 1. The normalized spacial score (nSPS) is 19.1. The monoisotopic (exact) mass is 377 g/mol. The zero-order chi connectivity index (χ0) is 19.9. The van der Waals surface area contributed by atoms with Crippen molar-refractivity contribution >= 4 is 34.5 Å². The van der Waals surface area contributed by atoms with Crippen LogP contribution in [0.1, 0.15) is 18.2 Å². The third-order valence-corrected chi connectivity index (χ3v) is 4.83. The minimum Gasteiger partial charge on any atom is -0.458 e. The number of nitrogens with zero attached hydrogens (tertiary/aromatic N) is 1. The number of imide groups is 1. The van der Waals surface area contributed by atoms with E-state index in [0.717, 1.165) is 15.8 Å². The van der Waals surface area contributed by atoms with Gasteiger partial charge < -0.3 is 15.1 Å². The molecule has 28 heavy (non-hydrogen) atoms. The predicted octanol–water partition coefficient (Wildman–Crippen LogP) is 3.15. The third kappa shape index (κ3) is 3.00. The summed E-state index contributed by atoms with van der Waals surface area (Å²) in [6.45, 7) is 3.13. The van der Waals surface area contributed by atoms with E-state index >= 15 is 0 Å². The van der Waals surface area contributed by atoms with E-state index in [1.165, 1.54) is 0 Å². The summed E-state index contributed by atoms with van der Waals surface area (Å²) in [5.74, 6) is -0.662. The molecule has 7 heteroatoms. The first kappa shape index (κ1) is 17.8. The Bertz CT molecular complexity index is 1050. The van der Waals surface area contributed by atoms with Gasteiger partial charge in [0.25, 0.3) is 5.91 Å². The summed E-state index contributed by atoms with van der Waals surface area (Å²) in [5, 5.41) is 6.17. The Kier molecular flexibility index (Phi) is 4.15. The van der Waals surface area contributed by atoms with Gasteiger partial charge in [-0.1, -0.05) is 35.9 Å². The molecule has 3 aromatic rings. The molecule has 0 bridgehead atoms. The van der Waals surface area contributed by atoms with Gasteiger partial charge in [0.05, 0.1) is 0 Å². The number of hydrogen-bond acceptors (Lipinski definition) is 4.